The van der Waals surface area contributed by atoms with Gasteiger partial charge in [-0.1, -0.05) is 23.7 Å². The Balaban J connectivity index is 1.76. The zero-order chi connectivity index (χ0) is 13.5. The molecule has 1 heterocycles. The largest absolute Gasteiger partial charge is 0.352 e. The van der Waals surface area contributed by atoms with E-state index in [9.17, 15) is 4.79 Å². The Bertz CT molecular complexity index is 549. The van der Waals surface area contributed by atoms with Gasteiger partial charge >= 0.3 is 0 Å². The number of nitrogens with one attached hydrogen (secondary N) is 1. The number of aromatic nitrogens is 1. The number of carbonyl (C=O) groups is 1. The standard InChI is InChI=1S/C14H13ClN2OS/c15-12-4-1-11(2-5-12)3-6-13(18)16-8-7-14-17-9-10-19-14/h1-6,9-10H,7-8H2,(H,16,18)/b6-3+. The highest BCUT2D eigenvalue weighted by Gasteiger charge is 1.98. The van der Waals surface area contributed by atoms with Crippen molar-refractivity contribution < 1.29 is 4.79 Å². The Morgan fingerprint density at radius 3 is 2.84 bits per heavy atom. The molecule has 0 aliphatic carbocycles. The molecule has 5 heteroatoms. The lowest BCUT2D eigenvalue weighted by atomic mass is 10.2. The topological polar surface area (TPSA) is 42.0 Å². The molecule has 3 nitrogen and oxygen atoms in total. The fraction of sp³-hybridized carbons (Fsp3) is 0.143. The molecule has 0 atom stereocenters. The van der Waals surface area contributed by atoms with Crippen LogP contribution in [0.25, 0.3) is 6.08 Å². The van der Waals surface area contributed by atoms with Gasteiger partial charge in [-0.3, -0.25) is 4.79 Å². The predicted molar refractivity (Wildman–Crippen MR) is 79.3 cm³/mol. The van der Waals surface area contributed by atoms with E-state index in [0.717, 1.165) is 17.0 Å². The van der Waals surface area contributed by atoms with Crippen molar-refractivity contribution in [1.82, 2.24) is 10.3 Å². The molecule has 0 radical (unpaired) electrons. The molecular weight excluding hydrogens is 280 g/mol. The summed E-state index contributed by atoms with van der Waals surface area (Å²) < 4.78 is 0. The number of benzene rings is 1. The fourth-order valence-corrected chi connectivity index (χ4v) is 2.22. The van der Waals surface area contributed by atoms with E-state index >= 15 is 0 Å². The quantitative estimate of drug-likeness (QED) is 0.860. The van der Waals surface area contributed by atoms with E-state index in [1.54, 1.807) is 35.7 Å². The molecule has 0 bridgehead atoms. The molecule has 98 valence electrons. The number of halogens is 1. The SMILES string of the molecule is O=C(/C=C/c1ccc(Cl)cc1)NCCc1nccs1. The Kier molecular flexibility index (Phi) is 5.12. The maximum atomic E-state index is 11.6. The van der Waals surface area contributed by atoms with Crippen molar-refractivity contribution in [3.05, 3.63) is 57.5 Å². The van der Waals surface area contributed by atoms with Crippen LogP contribution in [0.15, 0.2) is 41.9 Å². The summed E-state index contributed by atoms with van der Waals surface area (Å²) in [7, 11) is 0. The molecule has 1 aromatic carbocycles. The molecule has 1 aromatic heterocycles. The average Bonchev–Trinajstić information content (AvgIpc) is 2.91. The number of rotatable bonds is 5. The highest BCUT2D eigenvalue weighted by Crippen LogP contribution is 2.10. The minimum atomic E-state index is -0.105. The lowest BCUT2D eigenvalue weighted by molar-refractivity contribution is -0.116. The van der Waals surface area contributed by atoms with Gasteiger partial charge in [-0.2, -0.15) is 0 Å². The van der Waals surface area contributed by atoms with Crippen molar-refractivity contribution >= 4 is 34.9 Å². The van der Waals surface area contributed by atoms with Gasteiger partial charge in [-0.15, -0.1) is 11.3 Å². The summed E-state index contributed by atoms with van der Waals surface area (Å²) in [5.74, 6) is -0.105. The first kappa shape index (κ1) is 13.8. The van der Waals surface area contributed by atoms with Crippen LogP contribution in [0.3, 0.4) is 0 Å². The van der Waals surface area contributed by atoms with E-state index in [-0.39, 0.29) is 5.91 Å². The second-order valence-electron chi connectivity index (χ2n) is 3.85. The number of hydrogen-bond donors (Lipinski definition) is 1. The van der Waals surface area contributed by atoms with E-state index in [2.05, 4.69) is 10.3 Å². The summed E-state index contributed by atoms with van der Waals surface area (Å²) in [6.07, 6.45) is 5.81. The number of carbonyl (C=O) groups excluding carboxylic acids is 1. The Morgan fingerprint density at radius 1 is 1.37 bits per heavy atom. The number of hydrogen-bond acceptors (Lipinski definition) is 3. The van der Waals surface area contributed by atoms with Gasteiger partial charge in [0, 0.05) is 35.6 Å². The molecule has 0 spiro atoms. The van der Waals surface area contributed by atoms with Crippen LogP contribution in [0.5, 0.6) is 0 Å². The van der Waals surface area contributed by atoms with Crippen molar-refractivity contribution in [3.63, 3.8) is 0 Å². The van der Waals surface area contributed by atoms with E-state index in [0.29, 0.717) is 11.6 Å². The second kappa shape index (κ2) is 7.07. The van der Waals surface area contributed by atoms with Gasteiger partial charge in [-0.25, -0.2) is 4.98 Å². The summed E-state index contributed by atoms with van der Waals surface area (Å²) in [6.45, 7) is 0.595. The second-order valence-corrected chi connectivity index (χ2v) is 5.27. The Hall–Kier alpha value is -1.65. The Labute approximate surface area is 120 Å². The molecule has 0 saturated heterocycles. The van der Waals surface area contributed by atoms with Crippen LogP contribution >= 0.6 is 22.9 Å². The van der Waals surface area contributed by atoms with Gasteiger partial charge in [0.05, 0.1) is 5.01 Å². The van der Waals surface area contributed by atoms with E-state index in [1.807, 2.05) is 17.5 Å². The monoisotopic (exact) mass is 292 g/mol. The summed E-state index contributed by atoms with van der Waals surface area (Å²) in [4.78, 5) is 15.7. The third-order valence-electron chi connectivity index (χ3n) is 2.42. The van der Waals surface area contributed by atoms with Crippen molar-refractivity contribution in [2.24, 2.45) is 0 Å². The van der Waals surface area contributed by atoms with Crippen LogP contribution in [0.2, 0.25) is 5.02 Å². The lowest BCUT2D eigenvalue weighted by Crippen LogP contribution is -2.23. The van der Waals surface area contributed by atoms with Crippen LogP contribution < -0.4 is 5.32 Å². The average molecular weight is 293 g/mol. The van der Waals surface area contributed by atoms with Crippen molar-refractivity contribution in [2.45, 2.75) is 6.42 Å². The summed E-state index contributed by atoms with van der Waals surface area (Å²) in [5, 5.41) is 6.46. The molecule has 0 saturated carbocycles. The molecule has 0 unspecified atom stereocenters. The van der Waals surface area contributed by atoms with Crippen LogP contribution in [-0.4, -0.2) is 17.4 Å². The summed E-state index contributed by atoms with van der Waals surface area (Å²) in [6, 6.07) is 7.31. The van der Waals surface area contributed by atoms with Crippen LogP contribution in [0, 0.1) is 0 Å². The normalized spacial score (nSPS) is 10.8. The third-order valence-corrected chi connectivity index (χ3v) is 3.51. The molecule has 2 aromatic rings. The van der Waals surface area contributed by atoms with Gasteiger partial charge < -0.3 is 5.32 Å². The highest BCUT2D eigenvalue weighted by molar-refractivity contribution is 7.09. The third kappa shape index (κ3) is 4.85. The van der Waals surface area contributed by atoms with Gasteiger partial charge in [0.1, 0.15) is 0 Å². The summed E-state index contributed by atoms with van der Waals surface area (Å²) in [5.41, 5.74) is 0.944. The van der Waals surface area contributed by atoms with Crippen LogP contribution in [0.1, 0.15) is 10.6 Å². The number of amides is 1. The predicted octanol–water partition coefficient (Wildman–Crippen LogP) is 3.17. The number of thiazole rings is 1. The van der Waals surface area contributed by atoms with Crippen molar-refractivity contribution in [2.75, 3.05) is 6.54 Å². The molecule has 0 fully saturated rings. The Morgan fingerprint density at radius 2 is 2.16 bits per heavy atom. The summed E-state index contributed by atoms with van der Waals surface area (Å²) >= 11 is 7.38. The zero-order valence-electron chi connectivity index (χ0n) is 10.2. The smallest absolute Gasteiger partial charge is 0.244 e. The molecule has 1 N–H and O–H groups in total. The first-order valence-corrected chi connectivity index (χ1v) is 7.09. The first-order valence-electron chi connectivity index (χ1n) is 5.84. The molecule has 1 amide bonds. The maximum absolute atomic E-state index is 11.6. The highest BCUT2D eigenvalue weighted by atomic mass is 35.5. The van der Waals surface area contributed by atoms with Crippen molar-refractivity contribution in [3.8, 4) is 0 Å². The molecule has 0 aliphatic heterocycles. The zero-order valence-corrected chi connectivity index (χ0v) is 11.7. The van der Waals surface area contributed by atoms with Gasteiger partial charge in [0.2, 0.25) is 5.91 Å². The molecule has 19 heavy (non-hydrogen) atoms. The minimum Gasteiger partial charge on any atom is -0.352 e. The van der Waals surface area contributed by atoms with Crippen LogP contribution in [-0.2, 0) is 11.2 Å². The molecule has 0 aliphatic rings. The van der Waals surface area contributed by atoms with E-state index in [4.69, 9.17) is 11.6 Å². The fourth-order valence-electron chi connectivity index (χ4n) is 1.47. The molecule has 2 rings (SSSR count). The minimum absolute atomic E-state index is 0.105. The number of nitrogens with zero attached hydrogens (tertiary/aromatic N) is 1. The van der Waals surface area contributed by atoms with E-state index in [1.165, 1.54) is 6.08 Å². The first-order chi connectivity index (χ1) is 9.24. The van der Waals surface area contributed by atoms with Gasteiger partial charge in [0.25, 0.3) is 0 Å². The van der Waals surface area contributed by atoms with Gasteiger partial charge in [0.15, 0.2) is 0 Å². The van der Waals surface area contributed by atoms with E-state index < -0.39 is 0 Å². The maximum Gasteiger partial charge on any atom is 0.244 e. The van der Waals surface area contributed by atoms with Crippen LogP contribution in [0.4, 0.5) is 0 Å². The lowest BCUT2D eigenvalue weighted by Gasteiger charge is -1.99. The van der Waals surface area contributed by atoms with Gasteiger partial charge in [-0.05, 0) is 23.8 Å². The molecular formula is C14H13ClN2OS. The van der Waals surface area contributed by atoms with Crippen molar-refractivity contribution in [1.29, 1.82) is 0 Å².